The van der Waals surface area contributed by atoms with Gasteiger partial charge in [-0.25, -0.2) is 9.78 Å². The number of piperazine rings is 1. The number of fused-ring (bicyclic) bond motifs is 3. The van der Waals surface area contributed by atoms with Crippen LogP contribution in [0.1, 0.15) is 23.2 Å². The Bertz CT molecular complexity index is 1150. The van der Waals surface area contributed by atoms with Gasteiger partial charge >= 0.3 is 5.97 Å². The number of rotatable bonds is 4. The summed E-state index contributed by atoms with van der Waals surface area (Å²) < 4.78 is 5.45. The fourth-order valence-corrected chi connectivity index (χ4v) is 4.95. The molecule has 2 saturated heterocycles. The van der Waals surface area contributed by atoms with Crippen molar-refractivity contribution in [2.45, 2.75) is 18.5 Å². The van der Waals surface area contributed by atoms with Gasteiger partial charge in [-0.2, -0.15) is 0 Å². The van der Waals surface area contributed by atoms with Gasteiger partial charge in [-0.05, 0) is 24.3 Å². The average molecular weight is 463 g/mol. The molecule has 0 radical (unpaired) electrons. The molecule has 1 aromatic heterocycles. The lowest BCUT2D eigenvalue weighted by Gasteiger charge is -2.46. The SMILES string of the molecule is CN1C(=O)c2ccccc2N2C(=O)CCC12C(=O)OCC(=O)N1CCN(c2ccccn2)CC1. The highest BCUT2D eigenvalue weighted by molar-refractivity contribution is 6.15. The normalized spacial score (nSPS) is 21.9. The minimum absolute atomic E-state index is 0.102. The fraction of sp³-hybridized carbons (Fsp3) is 0.375. The van der Waals surface area contributed by atoms with E-state index in [1.54, 1.807) is 35.4 Å². The molecule has 2 fully saturated rings. The molecule has 3 aliphatic heterocycles. The second-order valence-corrected chi connectivity index (χ2v) is 8.56. The Labute approximate surface area is 196 Å². The molecule has 2 aromatic rings. The van der Waals surface area contributed by atoms with Crippen molar-refractivity contribution in [3.63, 3.8) is 0 Å². The summed E-state index contributed by atoms with van der Waals surface area (Å²) >= 11 is 0. The lowest BCUT2D eigenvalue weighted by Crippen LogP contribution is -2.67. The standard InChI is InChI=1S/C24H25N5O5/c1-26-22(32)17-6-2-3-7-18(17)29-20(30)9-10-24(26,29)23(33)34-16-21(31)28-14-12-27(13-15-28)19-8-4-5-11-25-19/h2-8,11H,9-10,12-16H2,1H3. The van der Waals surface area contributed by atoms with Gasteiger partial charge in [0.25, 0.3) is 11.8 Å². The van der Waals surface area contributed by atoms with E-state index in [0.717, 1.165) is 5.82 Å². The highest BCUT2D eigenvalue weighted by atomic mass is 16.5. The molecule has 34 heavy (non-hydrogen) atoms. The Morgan fingerprint density at radius 1 is 1.03 bits per heavy atom. The van der Waals surface area contributed by atoms with Crippen molar-refractivity contribution in [2.24, 2.45) is 0 Å². The second-order valence-electron chi connectivity index (χ2n) is 8.56. The van der Waals surface area contributed by atoms with Crippen LogP contribution in [0, 0.1) is 0 Å². The van der Waals surface area contributed by atoms with Crippen LogP contribution in [0.4, 0.5) is 11.5 Å². The van der Waals surface area contributed by atoms with Crippen LogP contribution in [0.3, 0.4) is 0 Å². The first-order valence-corrected chi connectivity index (χ1v) is 11.2. The largest absolute Gasteiger partial charge is 0.452 e. The number of pyridine rings is 1. The molecule has 0 aliphatic carbocycles. The quantitative estimate of drug-likeness (QED) is 0.620. The second kappa shape index (κ2) is 8.44. The van der Waals surface area contributed by atoms with E-state index in [4.69, 9.17) is 4.74 Å². The molecule has 4 heterocycles. The van der Waals surface area contributed by atoms with Gasteiger partial charge in [0.05, 0.1) is 11.3 Å². The summed E-state index contributed by atoms with van der Waals surface area (Å²) in [6.45, 7) is 1.76. The molecule has 0 saturated carbocycles. The van der Waals surface area contributed by atoms with Gasteiger partial charge in [-0.15, -0.1) is 0 Å². The van der Waals surface area contributed by atoms with Crippen molar-refractivity contribution in [1.29, 1.82) is 0 Å². The van der Waals surface area contributed by atoms with E-state index in [0.29, 0.717) is 37.4 Å². The third-order valence-corrected chi connectivity index (χ3v) is 6.80. The first kappa shape index (κ1) is 21.9. The Hall–Kier alpha value is -3.95. The molecule has 3 aliphatic rings. The Kier molecular flexibility index (Phi) is 5.43. The number of carbonyl (C=O) groups is 4. The number of hydrogen-bond acceptors (Lipinski definition) is 7. The molecule has 0 N–H and O–H groups in total. The van der Waals surface area contributed by atoms with Gasteiger partial charge < -0.3 is 19.4 Å². The number of aromatic nitrogens is 1. The summed E-state index contributed by atoms with van der Waals surface area (Å²) in [5.41, 5.74) is -0.840. The summed E-state index contributed by atoms with van der Waals surface area (Å²) in [6, 6.07) is 12.4. The van der Waals surface area contributed by atoms with E-state index in [-0.39, 0.29) is 30.6 Å². The maximum atomic E-state index is 13.3. The molecule has 3 amide bonds. The number of amides is 3. The van der Waals surface area contributed by atoms with Crippen LogP contribution in [0.2, 0.25) is 0 Å². The highest BCUT2D eigenvalue weighted by Crippen LogP contribution is 2.44. The van der Waals surface area contributed by atoms with Crippen molar-refractivity contribution in [3.05, 3.63) is 54.2 Å². The lowest BCUT2D eigenvalue weighted by molar-refractivity contribution is -0.161. The van der Waals surface area contributed by atoms with Crippen molar-refractivity contribution >= 4 is 35.2 Å². The monoisotopic (exact) mass is 463 g/mol. The predicted molar refractivity (Wildman–Crippen MR) is 122 cm³/mol. The van der Waals surface area contributed by atoms with Crippen molar-refractivity contribution < 1.29 is 23.9 Å². The number of benzene rings is 1. The number of likely N-dealkylation sites (N-methyl/N-ethyl adjacent to an activating group) is 1. The van der Waals surface area contributed by atoms with Crippen molar-refractivity contribution in [1.82, 2.24) is 14.8 Å². The molecule has 5 rings (SSSR count). The van der Waals surface area contributed by atoms with Crippen molar-refractivity contribution in [3.8, 4) is 0 Å². The van der Waals surface area contributed by atoms with Crippen LogP contribution < -0.4 is 9.80 Å². The zero-order chi connectivity index (χ0) is 23.9. The van der Waals surface area contributed by atoms with E-state index in [1.165, 1.54) is 16.8 Å². The van der Waals surface area contributed by atoms with Crippen LogP contribution >= 0.6 is 0 Å². The van der Waals surface area contributed by atoms with Crippen LogP contribution in [0.25, 0.3) is 0 Å². The van der Waals surface area contributed by atoms with Gasteiger partial charge in [-0.1, -0.05) is 18.2 Å². The minimum atomic E-state index is -1.58. The fourth-order valence-electron chi connectivity index (χ4n) is 4.95. The first-order valence-electron chi connectivity index (χ1n) is 11.2. The molecule has 1 aromatic carbocycles. The third kappa shape index (κ3) is 3.37. The summed E-state index contributed by atoms with van der Waals surface area (Å²) in [7, 11) is 1.49. The molecule has 1 atom stereocenters. The van der Waals surface area contributed by atoms with Gasteiger partial charge in [-0.3, -0.25) is 19.3 Å². The molecule has 176 valence electrons. The molecular weight excluding hydrogens is 438 g/mol. The van der Waals surface area contributed by atoms with Gasteiger partial charge in [0.2, 0.25) is 11.6 Å². The lowest BCUT2D eigenvalue weighted by atomic mass is 9.97. The molecule has 10 heteroatoms. The number of anilines is 2. The Morgan fingerprint density at radius 2 is 1.76 bits per heavy atom. The highest BCUT2D eigenvalue weighted by Gasteiger charge is 2.60. The zero-order valence-electron chi connectivity index (χ0n) is 18.8. The van der Waals surface area contributed by atoms with Crippen LogP contribution in [0.5, 0.6) is 0 Å². The summed E-state index contributed by atoms with van der Waals surface area (Å²) in [4.78, 5) is 62.6. The number of para-hydroxylation sites is 1. The number of esters is 1. The number of hydrogen-bond donors (Lipinski definition) is 0. The smallest absolute Gasteiger partial charge is 0.354 e. The minimum Gasteiger partial charge on any atom is -0.452 e. The van der Waals surface area contributed by atoms with Crippen LogP contribution in [0.15, 0.2) is 48.7 Å². The summed E-state index contributed by atoms with van der Waals surface area (Å²) in [5, 5.41) is 0. The van der Waals surface area contributed by atoms with E-state index in [2.05, 4.69) is 9.88 Å². The van der Waals surface area contributed by atoms with E-state index in [9.17, 15) is 19.2 Å². The summed E-state index contributed by atoms with van der Waals surface area (Å²) in [6.07, 6.45) is 1.94. The van der Waals surface area contributed by atoms with E-state index >= 15 is 0 Å². The van der Waals surface area contributed by atoms with Gasteiger partial charge in [0.15, 0.2) is 6.61 Å². The zero-order valence-corrected chi connectivity index (χ0v) is 18.8. The van der Waals surface area contributed by atoms with E-state index in [1.807, 2.05) is 18.2 Å². The molecular formula is C24H25N5O5. The van der Waals surface area contributed by atoms with Crippen molar-refractivity contribution in [2.75, 3.05) is 49.6 Å². The number of carbonyl (C=O) groups excluding carboxylic acids is 4. The predicted octanol–water partition coefficient (Wildman–Crippen LogP) is 0.882. The van der Waals surface area contributed by atoms with E-state index < -0.39 is 18.2 Å². The number of nitrogens with zero attached hydrogens (tertiary/aromatic N) is 5. The molecule has 0 spiro atoms. The molecule has 0 bridgehead atoms. The molecule has 10 nitrogen and oxygen atoms in total. The maximum absolute atomic E-state index is 13.3. The van der Waals surface area contributed by atoms with Crippen LogP contribution in [-0.4, -0.2) is 84.0 Å². The summed E-state index contributed by atoms with van der Waals surface area (Å²) in [5.74, 6) is -0.858. The Morgan fingerprint density at radius 3 is 2.50 bits per heavy atom. The van der Waals surface area contributed by atoms with Gasteiger partial charge in [0, 0.05) is 52.3 Å². The first-order chi connectivity index (χ1) is 16.4. The molecule has 1 unspecified atom stereocenters. The van der Waals surface area contributed by atoms with Crippen LogP contribution in [-0.2, 0) is 19.1 Å². The maximum Gasteiger partial charge on any atom is 0.354 e. The van der Waals surface area contributed by atoms with Gasteiger partial charge in [0.1, 0.15) is 5.82 Å². The Balaban J connectivity index is 1.27. The number of ether oxygens (including phenoxy) is 1. The average Bonchev–Trinajstić information content (AvgIpc) is 3.24. The topological polar surface area (TPSA) is 103 Å². The third-order valence-electron chi connectivity index (χ3n) is 6.80.